The number of ether oxygens (including phenoxy) is 1. The molecule has 3 aromatic rings. The lowest BCUT2D eigenvalue weighted by Gasteiger charge is -2.11. The van der Waals surface area contributed by atoms with Crippen molar-refractivity contribution < 1.29 is 9.53 Å². The third-order valence-electron chi connectivity index (χ3n) is 4.22. The van der Waals surface area contributed by atoms with Crippen molar-refractivity contribution >= 4 is 11.6 Å². The van der Waals surface area contributed by atoms with Crippen LogP contribution < -0.4 is 15.6 Å². The highest BCUT2D eigenvalue weighted by Gasteiger charge is 2.10. The van der Waals surface area contributed by atoms with E-state index in [0.717, 1.165) is 29.0 Å². The summed E-state index contributed by atoms with van der Waals surface area (Å²) in [5, 5.41) is 7.18. The number of carbonyl (C=O) groups is 1. The fourth-order valence-electron chi connectivity index (χ4n) is 2.75. The topological polar surface area (TPSA) is 73.2 Å². The zero-order valence-corrected chi connectivity index (χ0v) is 15.3. The number of benzene rings is 2. The van der Waals surface area contributed by atoms with Crippen LogP contribution in [0.1, 0.15) is 12.5 Å². The first-order valence-corrected chi connectivity index (χ1v) is 8.71. The van der Waals surface area contributed by atoms with Crippen molar-refractivity contribution in [2.24, 2.45) is 0 Å². The van der Waals surface area contributed by atoms with Crippen molar-refractivity contribution in [3.8, 4) is 17.0 Å². The zero-order chi connectivity index (χ0) is 19.2. The van der Waals surface area contributed by atoms with Gasteiger partial charge in [-0.15, -0.1) is 0 Å². The molecule has 0 aliphatic heterocycles. The average molecular weight is 363 g/mol. The van der Waals surface area contributed by atoms with Crippen molar-refractivity contribution in [3.63, 3.8) is 0 Å². The van der Waals surface area contributed by atoms with E-state index in [1.165, 1.54) is 10.7 Å². The molecule has 0 unspecified atom stereocenters. The Morgan fingerprint density at radius 2 is 1.81 bits per heavy atom. The van der Waals surface area contributed by atoms with Gasteiger partial charge in [-0.05, 0) is 48.4 Å². The highest BCUT2D eigenvalue weighted by Crippen LogP contribution is 2.19. The SMILES string of the molecule is CCc1ccccc1NC(=O)Cn1nc(-c2ccc(OC)cc2)ccc1=O. The fourth-order valence-corrected chi connectivity index (χ4v) is 2.75. The van der Waals surface area contributed by atoms with Gasteiger partial charge in [0, 0.05) is 17.3 Å². The number of aryl methyl sites for hydroxylation is 1. The number of nitrogens with one attached hydrogen (secondary N) is 1. The zero-order valence-electron chi connectivity index (χ0n) is 15.3. The van der Waals surface area contributed by atoms with E-state index in [9.17, 15) is 9.59 Å². The molecule has 0 spiro atoms. The van der Waals surface area contributed by atoms with E-state index in [-0.39, 0.29) is 18.0 Å². The average Bonchev–Trinajstić information content (AvgIpc) is 2.70. The second-order valence-corrected chi connectivity index (χ2v) is 6.00. The maximum Gasteiger partial charge on any atom is 0.267 e. The van der Waals surface area contributed by atoms with Gasteiger partial charge in [-0.25, -0.2) is 4.68 Å². The summed E-state index contributed by atoms with van der Waals surface area (Å²) in [4.78, 5) is 24.5. The van der Waals surface area contributed by atoms with Crippen molar-refractivity contribution in [1.29, 1.82) is 0 Å². The number of carbonyl (C=O) groups excluding carboxylic acids is 1. The van der Waals surface area contributed by atoms with Crippen molar-refractivity contribution in [2.45, 2.75) is 19.9 Å². The van der Waals surface area contributed by atoms with Crippen LogP contribution in [-0.4, -0.2) is 22.8 Å². The summed E-state index contributed by atoms with van der Waals surface area (Å²) < 4.78 is 6.32. The summed E-state index contributed by atoms with van der Waals surface area (Å²) >= 11 is 0. The Morgan fingerprint density at radius 1 is 1.07 bits per heavy atom. The van der Waals surface area contributed by atoms with Crippen LogP contribution in [0.2, 0.25) is 0 Å². The summed E-state index contributed by atoms with van der Waals surface area (Å²) in [6.45, 7) is 1.87. The summed E-state index contributed by atoms with van der Waals surface area (Å²) in [6, 6.07) is 18.0. The van der Waals surface area contributed by atoms with Gasteiger partial charge >= 0.3 is 0 Å². The van der Waals surface area contributed by atoms with Crippen molar-refractivity contribution in [2.75, 3.05) is 12.4 Å². The van der Waals surface area contributed by atoms with Crippen LogP contribution in [0.4, 0.5) is 5.69 Å². The Morgan fingerprint density at radius 3 is 2.52 bits per heavy atom. The molecule has 1 amide bonds. The van der Waals surface area contributed by atoms with Crippen molar-refractivity contribution in [3.05, 3.63) is 76.6 Å². The van der Waals surface area contributed by atoms with E-state index in [2.05, 4.69) is 10.4 Å². The monoisotopic (exact) mass is 363 g/mol. The predicted molar refractivity (Wildman–Crippen MR) is 105 cm³/mol. The summed E-state index contributed by atoms with van der Waals surface area (Å²) in [6.07, 6.45) is 0.807. The predicted octanol–water partition coefficient (Wildman–Crippen LogP) is 3.12. The largest absolute Gasteiger partial charge is 0.497 e. The summed E-state index contributed by atoms with van der Waals surface area (Å²) in [5.74, 6) is 0.443. The van der Waals surface area contributed by atoms with Crippen LogP contribution in [-0.2, 0) is 17.8 Å². The molecule has 0 bridgehead atoms. The van der Waals surface area contributed by atoms with Gasteiger partial charge in [-0.2, -0.15) is 5.10 Å². The molecule has 0 aliphatic rings. The number of hydrogen-bond donors (Lipinski definition) is 1. The second-order valence-electron chi connectivity index (χ2n) is 6.00. The molecule has 27 heavy (non-hydrogen) atoms. The molecule has 6 heteroatoms. The van der Waals surface area contributed by atoms with E-state index in [0.29, 0.717) is 5.69 Å². The minimum Gasteiger partial charge on any atom is -0.497 e. The number of methoxy groups -OCH3 is 1. The fraction of sp³-hybridized carbons (Fsp3) is 0.190. The molecule has 0 radical (unpaired) electrons. The highest BCUT2D eigenvalue weighted by atomic mass is 16.5. The second kappa shape index (κ2) is 8.31. The van der Waals surface area contributed by atoms with Gasteiger partial charge in [-0.1, -0.05) is 25.1 Å². The Labute approximate surface area is 157 Å². The van der Waals surface area contributed by atoms with Crippen LogP contribution in [0.3, 0.4) is 0 Å². The smallest absolute Gasteiger partial charge is 0.267 e. The first-order valence-electron chi connectivity index (χ1n) is 8.71. The first kappa shape index (κ1) is 18.4. The van der Waals surface area contributed by atoms with Crippen LogP contribution in [0.25, 0.3) is 11.3 Å². The van der Waals surface area contributed by atoms with E-state index in [1.54, 1.807) is 13.2 Å². The summed E-state index contributed by atoms with van der Waals surface area (Å²) in [5.41, 5.74) is 2.91. The Balaban J connectivity index is 1.80. The molecule has 0 atom stereocenters. The number of para-hydroxylation sites is 1. The molecule has 0 fully saturated rings. The normalized spacial score (nSPS) is 10.4. The molecule has 0 saturated heterocycles. The molecule has 2 aromatic carbocycles. The minimum atomic E-state index is -0.328. The number of aromatic nitrogens is 2. The van der Waals surface area contributed by atoms with Crippen LogP contribution in [0.5, 0.6) is 5.75 Å². The van der Waals surface area contributed by atoms with Gasteiger partial charge in [0.25, 0.3) is 5.56 Å². The Bertz CT molecular complexity index is 994. The summed E-state index contributed by atoms with van der Waals surface area (Å²) in [7, 11) is 1.60. The number of amides is 1. The van der Waals surface area contributed by atoms with Gasteiger partial charge in [0.1, 0.15) is 12.3 Å². The lowest BCUT2D eigenvalue weighted by molar-refractivity contribution is -0.117. The molecule has 6 nitrogen and oxygen atoms in total. The number of rotatable bonds is 6. The van der Waals surface area contributed by atoms with E-state index in [1.807, 2.05) is 55.5 Å². The lowest BCUT2D eigenvalue weighted by Crippen LogP contribution is -2.29. The highest BCUT2D eigenvalue weighted by molar-refractivity contribution is 5.91. The van der Waals surface area contributed by atoms with E-state index >= 15 is 0 Å². The van der Waals surface area contributed by atoms with Crippen LogP contribution >= 0.6 is 0 Å². The van der Waals surface area contributed by atoms with Gasteiger partial charge in [0.05, 0.1) is 12.8 Å². The number of anilines is 1. The lowest BCUT2D eigenvalue weighted by atomic mass is 10.1. The molecular weight excluding hydrogens is 342 g/mol. The van der Waals surface area contributed by atoms with Crippen molar-refractivity contribution in [1.82, 2.24) is 9.78 Å². The third kappa shape index (κ3) is 4.41. The van der Waals surface area contributed by atoms with Crippen LogP contribution in [0.15, 0.2) is 65.5 Å². The van der Waals surface area contributed by atoms with E-state index < -0.39 is 0 Å². The quantitative estimate of drug-likeness (QED) is 0.730. The van der Waals surface area contributed by atoms with E-state index in [4.69, 9.17) is 4.74 Å². The maximum atomic E-state index is 12.4. The molecule has 3 rings (SSSR count). The first-order chi connectivity index (χ1) is 13.1. The van der Waals surface area contributed by atoms with Crippen LogP contribution in [0, 0.1) is 0 Å². The molecule has 138 valence electrons. The molecular formula is C21H21N3O3. The van der Waals surface area contributed by atoms with Gasteiger partial charge < -0.3 is 10.1 Å². The van der Waals surface area contributed by atoms with Gasteiger partial charge in [0.2, 0.25) is 5.91 Å². The molecule has 1 N–H and O–H groups in total. The standard InChI is InChI=1S/C21H21N3O3/c1-3-15-6-4-5-7-18(15)22-20(25)14-24-21(26)13-12-19(23-24)16-8-10-17(27-2)11-9-16/h4-13H,3,14H2,1-2H3,(H,22,25). The minimum absolute atomic E-state index is 0.152. The van der Waals surface area contributed by atoms with Gasteiger partial charge in [-0.3, -0.25) is 9.59 Å². The Kier molecular flexibility index (Phi) is 5.66. The molecule has 0 saturated carbocycles. The maximum absolute atomic E-state index is 12.4. The number of nitrogens with zero attached hydrogens (tertiary/aromatic N) is 2. The number of hydrogen-bond acceptors (Lipinski definition) is 4. The third-order valence-corrected chi connectivity index (χ3v) is 4.22. The molecule has 0 aliphatic carbocycles. The molecule has 1 aromatic heterocycles. The van der Waals surface area contributed by atoms with Gasteiger partial charge in [0.15, 0.2) is 0 Å². The molecule has 1 heterocycles. The Hall–Kier alpha value is -3.41.